The van der Waals surface area contributed by atoms with Crippen LogP contribution in [0.1, 0.15) is 10.4 Å². The van der Waals surface area contributed by atoms with E-state index in [9.17, 15) is 9.90 Å². The van der Waals surface area contributed by atoms with Gasteiger partial charge < -0.3 is 15.2 Å². The lowest BCUT2D eigenvalue weighted by Gasteiger charge is -2.02. The third kappa shape index (κ3) is 3.76. The van der Waals surface area contributed by atoms with Crippen LogP contribution in [0, 0.1) is 6.92 Å². The van der Waals surface area contributed by atoms with Gasteiger partial charge in [-0.05, 0) is 19.1 Å². The van der Waals surface area contributed by atoms with E-state index < -0.39 is 5.97 Å². The molecule has 0 fully saturated rings. The molecule has 0 spiro atoms. The molecule has 0 saturated heterocycles. The standard InChI is InChI=1S/C18H16N2O2S/c1-12-7-9-14(10-8-12)19-18-20-17(13-5-3-2-4-6-13)15(23-18)11-16(21)22/h2-10H,11H2,1H3,(H,19,20)(H,21,22)/p-1. The summed E-state index contributed by atoms with van der Waals surface area (Å²) in [5.74, 6) is -1.10. The van der Waals surface area contributed by atoms with Gasteiger partial charge in [-0.25, -0.2) is 4.98 Å². The number of nitrogens with one attached hydrogen (secondary N) is 1. The Balaban J connectivity index is 1.94. The van der Waals surface area contributed by atoms with Gasteiger partial charge >= 0.3 is 0 Å². The Morgan fingerprint density at radius 2 is 1.83 bits per heavy atom. The van der Waals surface area contributed by atoms with Gasteiger partial charge in [-0.1, -0.05) is 48.0 Å². The molecule has 0 bridgehead atoms. The van der Waals surface area contributed by atoms with Crippen molar-refractivity contribution >= 4 is 28.1 Å². The predicted molar refractivity (Wildman–Crippen MR) is 90.7 cm³/mol. The van der Waals surface area contributed by atoms with Crippen LogP contribution >= 0.6 is 11.3 Å². The molecule has 0 radical (unpaired) electrons. The molecule has 0 aliphatic rings. The maximum atomic E-state index is 11.0. The van der Waals surface area contributed by atoms with Gasteiger partial charge in [0.15, 0.2) is 5.13 Å². The zero-order chi connectivity index (χ0) is 16.2. The van der Waals surface area contributed by atoms with Gasteiger partial charge in [0.25, 0.3) is 0 Å². The number of anilines is 2. The summed E-state index contributed by atoms with van der Waals surface area (Å²) in [4.78, 5) is 16.3. The molecule has 116 valence electrons. The molecular weight excluding hydrogens is 308 g/mol. The van der Waals surface area contributed by atoms with E-state index in [1.165, 1.54) is 16.9 Å². The SMILES string of the molecule is Cc1ccc(Nc2nc(-c3ccccc3)c(CC(=O)[O-])s2)cc1. The first-order valence-corrected chi connectivity index (χ1v) is 8.02. The van der Waals surface area contributed by atoms with Crippen LogP contribution in [-0.2, 0) is 11.2 Å². The molecule has 2 aromatic carbocycles. The molecule has 0 unspecified atom stereocenters. The Labute approximate surface area is 138 Å². The molecule has 1 N–H and O–H groups in total. The lowest BCUT2D eigenvalue weighted by Crippen LogP contribution is -2.24. The number of hydrogen-bond acceptors (Lipinski definition) is 5. The van der Waals surface area contributed by atoms with Crippen molar-refractivity contribution in [2.75, 3.05) is 5.32 Å². The van der Waals surface area contributed by atoms with E-state index in [4.69, 9.17) is 0 Å². The van der Waals surface area contributed by atoms with Crippen LogP contribution in [0.4, 0.5) is 10.8 Å². The third-order valence-corrected chi connectivity index (χ3v) is 4.32. The Morgan fingerprint density at radius 1 is 1.13 bits per heavy atom. The van der Waals surface area contributed by atoms with Gasteiger partial charge in [0.1, 0.15) is 0 Å². The smallest absolute Gasteiger partial charge is 0.187 e. The Morgan fingerprint density at radius 3 is 2.48 bits per heavy atom. The minimum absolute atomic E-state index is 0.141. The molecule has 0 aliphatic heterocycles. The van der Waals surface area contributed by atoms with Crippen molar-refractivity contribution in [2.45, 2.75) is 13.3 Å². The quantitative estimate of drug-likeness (QED) is 0.783. The molecule has 1 heterocycles. The van der Waals surface area contributed by atoms with Crippen LogP contribution in [0.15, 0.2) is 54.6 Å². The minimum Gasteiger partial charge on any atom is -0.550 e. The van der Waals surface area contributed by atoms with Gasteiger partial charge in [0.2, 0.25) is 0 Å². The fourth-order valence-electron chi connectivity index (χ4n) is 2.24. The summed E-state index contributed by atoms with van der Waals surface area (Å²) in [6.07, 6.45) is -0.141. The molecular formula is C18H15N2O2S-. The largest absolute Gasteiger partial charge is 0.550 e. The summed E-state index contributed by atoms with van der Waals surface area (Å²) in [5, 5.41) is 14.9. The Kier molecular flexibility index (Phi) is 4.39. The fourth-order valence-corrected chi connectivity index (χ4v) is 3.23. The van der Waals surface area contributed by atoms with Crippen molar-refractivity contribution in [3.63, 3.8) is 0 Å². The molecule has 23 heavy (non-hydrogen) atoms. The number of benzene rings is 2. The molecule has 0 saturated carbocycles. The van der Waals surface area contributed by atoms with E-state index in [-0.39, 0.29) is 6.42 Å². The van der Waals surface area contributed by atoms with E-state index in [0.717, 1.165) is 11.3 Å². The molecule has 0 aliphatic carbocycles. The lowest BCUT2D eigenvalue weighted by atomic mass is 10.1. The number of aromatic nitrogens is 1. The molecule has 0 atom stereocenters. The number of carbonyl (C=O) groups excluding carboxylic acids is 1. The van der Waals surface area contributed by atoms with E-state index in [0.29, 0.717) is 15.7 Å². The van der Waals surface area contributed by atoms with Crippen molar-refractivity contribution in [3.8, 4) is 11.3 Å². The molecule has 3 aromatic rings. The van der Waals surface area contributed by atoms with Gasteiger partial charge in [-0.15, -0.1) is 11.3 Å². The second-order valence-electron chi connectivity index (χ2n) is 5.20. The summed E-state index contributed by atoms with van der Waals surface area (Å²) in [6, 6.07) is 17.5. The summed E-state index contributed by atoms with van der Waals surface area (Å²) in [5.41, 5.74) is 3.69. The highest BCUT2D eigenvalue weighted by molar-refractivity contribution is 7.16. The number of carboxylic acids is 1. The van der Waals surface area contributed by atoms with Crippen LogP contribution in [-0.4, -0.2) is 11.0 Å². The predicted octanol–water partition coefficient (Wildman–Crippen LogP) is 3.15. The van der Waals surface area contributed by atoms with Crippen molar-refractivity contribution in [1.29, 1.82) is 0 Å². The van der Waals surface area contributed by atoms with E-state index in [1.54, 1.807) is 0 Å². The van der Waals surface area contributed by atoms with Gasteiger partial charge in [-0.3, -0.25) is 0 Å². The molecule has 1 aromatic heterocycles. The highest BCUT2D eigenvalue weighted by Crippen LogP contribution is 2.33. The fraction of sp³-hybridized carbons (Fsp3) is 0.111. The first-order chi connectivity index (χ1) is 11.1. The van der Waals surface area contributed by atoms with Crippen molar-refractivity contribution < 1.29 is 9.90 Å². The Bertz CT molecular complexity index is 811. The first-order valence-electron chi connectivity index (χ1n) is 7.20. The highest BCUT2D eigenvalue weighted by atomic mass is 32.1. The zero-order valence-electron chi connectivity index (χ0n) is 12.6. The summed E-state index contributed by atoms with van der Waals surface area (Å²) in [7, 11) is 0. The van der Waals surface area contributed by atoms with Gasteiger partial charge in [-0.2, -0.15) is 0 Å². The number of aliphatic carboxylic acids is 1. The highest BCUT2D eigenvalue weighted by Gasteiger charge is 2.13. The number of nitrogens with zero attached hydrogens (tertiary/aromatic N) is 1. The van der Waals surface area contributed by atoms with E-state index in [1.807, 2.05) is 61.5 Å². The summed E-state index contributed by atoms with van der Waals surface area (Å²) >= 11 is 1.34. The number of hydrogen-bond donors (Lipinski definition) is 1. The average Bonchev–Trinajstić information content (AvgIpc) is 2.92. The summed E-state index contributed by atoms with van der Waals surface area (Å²) < 4.78 is 0. The number of rotatable bonds is 5. The first kappa shape index (κ1) is 15.2. The number of carboxylic acid groups (broad SMARTS) is 1. The van der Waals surface area contributed by atoms with Crippen molar-refractivity contribution in [3.05, 3.63) is 65.0 Å². The van der Waals surface area contributed by atoms with Crippen molar-refractivity contribution in [2.24, 2.45) is 0 Å². The normalized spacial score (nSPS) is 10.5. The minimum atomic E-state index is -1.10. The molecule has 3 rings (SSSR count). The zero-order valence-corrected chi connectivity index (χ0v) is 13.4. The molecule has 5 heteroatoms. The maximum Gasteiger partial charge on any atom is 0.187 e. The number of carbonyl (C=O) groups is 1. The van der Waals surface area contributed by atoms with Crippen LogP contribution in [0.2, 0.25) is 0 Å². The second-order valence-corrected chi connectivity index (χ2v) is 6.28. The van der Waals surface area contributed by atoms with Crippen LogP contribution < -0.4 is 10.4 Å². The van der Waals surface area contributed by atoms with Crippen LogP contribution in [0.3, 0.4) is 0 Å². The number of aryl methyl sites for hydroxylation is 1. The summed E-state index contributed by atoms with van der Waals surface area (Å²) in [6.45, 7) is 2.03. The topological polar surface area (TPSA) is 65.0 Å². The van der Waals surface area contributed by atoms with Crippen LogP contribution in [0.5, 0.6) is 0 Å². The lowest BCUT2D eigenvalue weighted by molar-refractivity contribution is -0.304. The third-order valence-electron chi connectivity index (χ3n) is 3.35. The monoisotopic (exact) mass is 323 g/mol. The molecule has 0 amide bonds. The second kappa shape index (κ2) is 6.62. The van der Waals surface area contributed by atoms with E-state index >= 15 is 0 Å². The average molecular weight is 323 g/mol. The van der Waals surface area contributed by atoms with Gasteiger partial charge in [0, 0.05) is 28.5 Å². The molecule has 4 nitrogen and oxygen atoms in total. The van der Waals surface area contributed by atoms with Gasteiger partial charge in [0.05, 0.1) is 5.69 Å². The van der Waals surface area contributed by atoms with E-state index in [2.05, 4.69) is 10.3 Å². The maximum absolute atomic E-state index is 11.0. The van der Waals surface area contributed by atoms with Crippen LogP contribution in [0.25, 0.3) is 11.3 Å². The van der Waals surface area contributed by atoms with Crippen molar-refractivity contribution in [1.82, 2.24) is 4.98 Å². The Hall–Kier alpha value is -2.66. The number of thiazole rings is 1.